The van der Waals surface area contributed by atoms with Gasteiger partial charge < -0.3 is 10.1 Å². The molecule has 1 amide bonds. The first-order chi connectivity index (χ1) is 10.2. The predicted molar refractivity (Wildman–Crippen MR) is 71.3 cm³/mol. The Kier molecular flexibility index (Phi) is 5.92. The van der Waals surface area contributed by atoms with Crippen molar-refractivity contribution < 1.29 is 32.8 Å². The van der Waals surface area contributed by atoms with E-state index in [2.05, 4.69) is 4.74 Å². The maximum absolute atomic E-state index is 13.5. The van der Waals surface area contributed by atoms with E-state index in [1.54, 1.807) is 35.6 Å². The molecule has 0 spiro atoms. The molecular weight excluding hydrogens is 301 g/mol. The lowest BCUT2D eigenvalue weighted by molar-refractivity contribution is -0.757. The van der Waals surface area contributed by atoms with Crippen LogP contribution in [0.15, 0.2) is 30.3 Å². The lowest BCUT2D eigenvalue weighted by atomic mass is 10.1. The van der Waals surface area contributed by atoms with Crippen LogP contribution in [0.3, 0.4) is 0 Å². The third kappa shape index (κ3) is 4.20. The standard InChI is InChI=1S/C14H17F3N2O3/c1-3-22-12(21)13(14(15,16)17,19-10(2)20)18-9-11-7-5-4-6-8-11/h4-8,18H,3,9H2,1-2H3,(H,19,20)/p+1/t13-/m0/s1. The van der Waals surface area contributed by atoms with E-state index in [4.69, 9.17) is 0 Å². The Labute approximate surface area is 125 Å². The second-order valence-corrected chi connectivity index (χ2v) is 4.60. The molecule has 1 aromatic carbocycles. The lowest BCUT2D eigenvalue weighted by Gasteiger charge is -2.31. The molecule has 0 aliphatic heterocycles. The van der Waals surface area contributed by atoms with Gasteiger partial charge in [-0.3, -0.25) is 10.1 Å². The molecule has 0 radical (unpaired) electrons. The summed E-state index contributed by atoms with van der Waals surface area (Å²) in [5, 5.41) is 2.42. The number of carbonyl (C=O) groups excluding carboxylic acids is 2. The van der Waals surface area contributed by atoms with Gasteiger partial charge in [-0.05, 0) is 6.92 Å². The fraction of sp³-hybridized carbons (Fsp3) is 0.429. The van der Waals surface area contributed by atoms with E-state index in [1.165, 1.54) is 6.92 Å². The lowest BCUT2D eigenvalue weighted by Crippen LogP contribution is -3.06. The van der Waals surface area contributed by atoms with Crippen LogP contribution in [0.25, 0.3) is 0 Å². The molecule has 1 atom stereocenters. The minimum absolute atomic E-state index is 0.153. The normalized spacial score (nSPS) is 14.0. The van der Waals surface area contributed by atoms with Gasteiger partial charge in [0.05, 0.1) is 6.61 Å². The maximum Gasteiger partial charge on any atom is 0.478 e. The molecule has 0 saturated heterocycles. The second kappa shape index (κ2) is 7.26. The molecule has 1 aromatic rings. The number of benzene rings is 1. The van der Waals surface area contributed by atoms with Crippen molar-refractivity contribution in [2.45, 2.75) is 32.2 Å². The van der Waals surface area contributed by atoms with Gasteiger partial charge in [0.2, 0.25) is 5.91 Å². The van der Waals surface area contributed by atoms with Gasteiger partial charge in [-0.15, -0.1) is 0 Å². The van der Waals surface area contributed by atoms with Crippen molar-refractivity contribution in [3.63, 3.8) is 0 Å². The van der Waals surface area contributed by atoms with Crippen molar-refractivity contribution in [1.82, 2.24) is 5.32 Å². The number of nitrogens with one attached hydrogen (secondary N) is 1. The number of carbonyl (C=O) groups is 2. The van der Waals surface area contributed by atoms with Crippen LogP contribution in [0.2, 0.25) is 0 Å². The van der Waals surface area contributed by atoms with E-state index in [0.717, 1.165) is 12.2 Å². The van der Waals surface area contributed by atoms with Crippen LogP contribution >= 0.6 is 0 Å². The summed E-state index contributed by atoms with van der Waals surface area (Å²) in [5.74, 6) is -2.52. The van der Waals surface area contributed by atoms with Crippen molar-refractivity contribution in [3.8, 4) is 0 Å². The molecule has 0 aliphatic carbocycles. The molecule has 22 heavy (non-hydrogen) atoms. The van der Waals surface area contributed by atoms with E-state index in [9.17, 15) is 22.8 Å². The highest BCUT2D eigenvalue weighted by Gasteiger charge is 2.67. The average molecular weight is 319 g/mol. The number of halogens is 3. The predicted octanol–water partition coefficient (Wildman–Crippen LogP) is 0.708. The molecule has 122 valence electrons. The highest BCUT2D eigenvalue weighted by atomic mass is 19.4. The first kappa shape index (κ1) is 18.0. The Morgan fingerprint density at radius 2 is 1.82 bits per heavy atom. The van der Waals surface area contributed by atoms with Crippen LogP contribution in [0, 0.1) is 0 Å². The molecule has 8 heteroatoms. The van der Waals surface area contributed by atoms with Crippen LogP contribution in [0.1, 0.15) is 19.4 Å². The largest absolute Gasteiger partial charge is 0.478 e. The first-order valence-electron chi connectivity index (χ1n) is 6.64. The number of alkyl halides is 3. The highest BCUT2D eigenvalue weighted by Crippen LogP contribution is 2.26. The zero-order valence-corrected chi connectivity index (χ0v) is 12.2. The molecule has 3 N–H and O–H groups in total. The van der Waals surface area contributed by atoms with E-state index in [1.807, 2.05) is 0 Å². The van der Waals surface area contributed by atoms with Gasteiger partial charge in [0.1, 0.15) is 6.54 Å². The third-order valence-corrected chi connectivity index (χ3v) is 2.90. The van der Waals surface area contributed by atoms with Crippen LogP contribution in [-0.4, -0.2) is 30.3 Å². The van der Waals surface area contributed by atoms with Gasteiger partial charge >= 0.3 is 17.8 Å². The van der Waals surface area contributed by atoms with Gasteiger partial charge in [-0.1, -0.05) is 30.3 Å². The number of amides is 1. The van der Waals surface area contributed by atoms with E-state index < -0.39 is 23.7 Å². The topological polar surface area (TPSA) is 72.0 Å². The average Bonchev–Trinajstić information content (AvgIpc) is 2.43. The molecule has 5 nitrogen and oxygen atoms in total. The van der Waals surface area contributed by atoms with E-state index in [-0.39, 0.29) is 13.2 Å². The summed E-state index contributed by atoms with van der Waals surface area (Å²) >= 11 is 0. The Balaban J connectivity index is 3.11. The van der Waals surface area contributed by atoms with Crippen LogP contribution in [-0.2, 0) is 20.9 Å². The number of hydrogen-bond acceptors (Lipinski definition) is 3. The maximum atomic E-state index is 13.5. The number of hydrogen-bond donors (Lipinski definition) is 2. The van der Waals surface area contributed by atoms with Crippen molar-refractivity contribution in [1.29, 1.82) is 0 Å². The summed E-state index contributed by atoms with van der Waals surface area (Å²) < 4.78 is 44.9. The van der Waals surface area contributed by atoms with E-state index >= 15 is 0 Å². The fourth-order valence-corrected chi connectivity index (χ4v) is 1.90. The molecule has 0 aliphatic rings. The zero-order chi connectivity index (χ0) is 16.8. The second-order valence-electron chi connectivity index (χ2n) is 4.60. The number of esters is 1. The summed E-state index contributed by atoms with van der Waals surface area (Å²) in [6.07, 6.45) is -5.01. The molecule has 0 bridgehead atoms. The fourth-order valence-electron chi connectivity index (χ4n) is 1.90. The van der Waals surface area contributed by atoms with Crippen LogP contribution in [0.5, 0.6) is 0 Å². The third-order valence-electron chi connectivity index (χ3n) is 2.90. The Bertz CT molecular complexity index is 520. The molecule has 0 heterocycles. The van der Waals surface area contributed by atoms with Crippen molar-refractivity contribution in [2.24, 2.45) is 0 Å². The minimum Gasteiger partial charge on any atom is -0.460 e. The zero-order valence-electron chi connectivity index (χ0n) is 12.2. The molecule has 1 rings (SSSR count). The Morgan fingerprint density at radius 3 is 2.27 bits per heavy atom. The van der Waals surface area contributed by atoms with Crippen molar-refractivity contribution in [3.05, 3.63) is 35.9 Å². The first-order valence-corrected chi connectivity index (χ1v) is 6.64. The van der Waals surface area contributed by atoms with Gasteiger partial charge in [0.25, 0.3) is 0 Å². The number of quaternary nitrogens is 1. The number of ether oxygens (including phenoxy) is 1. The monoisotopic (exact) mass is 319 g/mol. The number of rotatable bonds is 6. The van der Waals surface area contributed by atoms with Crippen LogP contribution in [0.4, 0.5) is 13.2 Å². The highest BCUT2D eigenvalue weighted by molar-refractivity contribution is 5.86. The van der Waals surface area contributed by atoms with Crippen LogP contribution < -0.4 is 10.6 Å². The smallest absolute Gasteiger partial charge is 0.460 e. The molecule has 0 unspecified atom stereocenters. The summed E-state index contributed by atoms with van der Waals surface area (Å²) in [6.45, 7) is 1.93. The quantitative estimate of drug-likeness (QED) is 0.599. The number of nitrogens with two attached hydrogens (primary N) is 1. The molecule has 0 saturated carbocycles. The van der Waals surface area contributed by atoms with Gasteiger partial charge in [-0.2, -0.15) is 13.2 Å². The van der Waals surface area contributed by atoms with Crippen molar-refractivity contribution >= 4 is 11.9 Å². The summed E-state index contributed by atoms with van der Waals surface area (Å²) in [7, 11) is 0. The van der Waals surface area contributed by atoms with Gasteiger partial charge in [0, 0.05) is 12.5 Å². The summed E-state index contributed by atoms with van der Waals surface area (Å²) in [6, 6.07) is 8.30. The Hall–Kier alpha value is -2.09. The van der Waals surface area contributed by atoms with Crippen molar-refractivity contribution in [2.75, 3.05) is 6.61 Å². The minimum atomic E-state index is -5.01. The molecular formula is C14H18F3N2O3+. The van der Waals surface area contributed by atoms with Gasteiger partial charge in [-0.25, -0.2) is 4.79 Å². The van der Waals surface area contributed by atoms with Gasteiger partial charge in [0.15, 0.2) is 0 Å². The SMILES string of the molecule is CCOC(=O)[C@@](NC(C)=O)([NH2+]Cc1ccccc1)C(F)(F)F. The summed E-state index contributed by atoms with van der Waals surface area (Å²) in [4.78, 5) is 23.1. The van der Waals surface area contributed by atoms with E-state index in [0.29, 0.717) is 5.56 Å². The summed E-state index contributed by atoms with van der Waals surface area (Å²) in [5.41, 5.74) is -2.59. The molecule has 0 aromatic heterocycles. The Morgan fingerprint density at radius 1 is 1.23 bits per heavy atom. The molecule has 0 fully saturated rings.